The smallest absolute Gasteiger partial charge is 0.241 e. The second-order valence-corrected chi connectivity index (χ2v) is 5.63. The van der Waals surface area contributed by atoms with Crippen molar-refractivity contribution >= 4 is 5.91 Å². The molecule has 0 radical (unpaired) electrons. The summed E-state index contributed by atoms with van der Waals surface area (Å²) in [6.07, 6.45) is 4.84. The third-order valence-corrected chi connectivity index (χ3v) is 4.29. The third-order valence-electron chi connectivity index (χ3n) is 4.29. The van der Waals surface area contributed by atoms with Gasteiger partial charge in [-0.1, -0.05) is 20.3 Å². The van der Waals surface area contributed by atoms with Gasteiger partial charge in [0, 0.05) is 12.6 Å². The van der Waals surface area contributed by atoms with E-state index in [1.54, 1.807) is 0 Å². The zero-order chi connectivity index (χ0) is 13.1. The van der Waals surface area contributed by atoms with Gasteiger partial charge in [0.2, 0.25) is 5.91 Å². The average Bonchev–Trinajstić information content (AvgIpc) is 2.65. The molecule has 18 heavy (non-hydrogen) atoms. The first-order chi connectivity index (χ1) is 8.67. The zero-order valence-electron chi connectivity index (χ0n) is 12.0. The number of likely N-dealkylation sites (tertiary alicyclic amines) is 1. The first-order valence-corrected chi connectivity index (χ1v) is 7.48. The van der Waals surface area contributed by atoms with Gasteiger partial charge in [-0.15, -0.1) is 0 Å². The van der Waals surface area contributed by atoms with Crippen LogP contribution in [0.3, 0.4) is 0 Å². The van der Waals surface area contributed by atoms with Crippen LogP contribution < -0.4 is 5.32 Å². The van der Waals surface area contributed by atoms with E-state index in [4.69, 9.17) is 0 Å². The monoisotopic (exact) mass is 253 g/mol. The number of carbonyl (C=O) groups is 1. The molecule has 0 aliphatic carbocycles. The van der Waals surface area contributed by atoms with E-state index in [0.717, 1.165) is 32.4 Å². The van der Waals surface area contributed by atoms with Crippen LogP contribution in [-0.4, -0.2) is 53.6 Å². The van der Waals surface area contributed by atoms with E-state index in [1.165, 1.54) is 13.0 Å². The maximum absolute atomic E-state index is 12.3. The van der Waals surface area contributed by atoms with E-state index in [-0.39, 0.29) is 12.2 Å². The van der Waals surface area contributed by atoms with Crippen LogP contribution in [0.4, 0.5) is 0 Å². The van der Waals surface area contributed by atoms with Gasteiger partial charge in [-0.3, -0.25) is 10.1 Å². The molecule has 3 unspecified atom stereocenters. The van der Waals surface area contributed by atoms with Crippen molar-refractivity contribution in [2.45, 2.75) is 64.7 Å². The van der Waals surface area contributed by atoms with Gasteiger partial charge < -0.3 is 9.80 Å². The first-order valence-electron chi connectivity index (χ1n) is 7.48. The Bertz CT molecular complexity index is 295. The molecular formula is C14H27N3O. The van der Waals surface area contributed by atoms with Gasteiger partial charge in [-0.05, 0) is 39.3 Å². The van der Waals surface area contributed by atoms with Crippen molar-refractivity contribution in [2.24, 2.45) is 0 Å². The fourth-order valence-corrected chi connectivity index (χ4v) is 3.29. The topological polar surface area (TPSA) is 35.6 Å². The molecule has 2 aliphatic rings. The molecule has 2 saturated heterocycles. The maximum atomic E-state index is 12.3. The number of hydrogen-bond acceptors (Lipinski definition) is 3. The van der Waals surface area contributed by atoms with Crippen molar-refractivity contribution in [3.8, 4) is 0 Å². The Morgan fingerprint density at radius 2 is 2.17 bits per heavy atom. The molecule has 4 heteroatoms. The zero-order valence-corrected chi connectivity index (χ0v) is 12.0. The van der Waals surface area contributed by atoms with Crippen LogP contribution in [0.15, 0.2) is 0 Å². The molecule has 0 bridgehead atoms. The summed E-state index contributed by atoms with van der Waals surface area (Å²) in [4.78, 5) is 16.9. The average molecular weight is 253 g/mol. The molecule has 2 rings (SSSR count). The molecule has 2 aliphatic heterocycles. The molecule has 0 spiro atoms. The highest BCUT2D eigenvalue weighted by Gasteiger charge is 2.40. The number of nitrogens with one attached hydrogen (secondary N) is 1. The van der Waals surface area contributed by atoms with E-state index in [0.29, 0.717) is 11.9 Å². The van der Waals surface area contributed by atoms with E-state index < -0.39 is 0 Å². The number of carbonyl (C=O) groups excluding carboxylic acids is 1. The lowest BCUT2D eigenvalue weighted by atomic mass is 10.0. The Balaban J connectivity index is 2.06. The Hall–Kier alpha value is -0.610. The minimum atomic E-state index is -0.00134. The molecule has 2 heterocycles. The Morgan fingerprint density at radius 1 is 1.39 bits per heavy atom. The lowest BCUT2D eigenvalue weighted by Gasteiger charge is -2.39. The van der Waals surface area contributed by atoms with E-state index in [2.05, 4.69) is 29.0 Å². The van der Waals surface area contributed by atoms with E-state index in [9.17, 15) is 4.79 Å². The summed E-state index contributed by atoms with van der Waals surface area (Å²) in [5.41, 5.74) is 0. The molecule has 1 N–H and O–H groups in total. The summed E-state index contributed by atoms with van der Waals surface area (Å²) in [5.74, 6) is 0.302. The largest absolute Gasteiger partial charge is 0.322 e. The van der Waals surface area contributed by atoms with Crippen LogP contribution in [0, 0.1) is 0 Å². The standard InChI is InChI=1S/C14H27N3O/c1-4-7-13-15-11(3)14(18)17(13)12-8-6-9-16(5-2)10-12/h11-13,15H,4-10H2,1-3H3. The predicted molar refractivity (Wildman–Crippen MR) is 73.3 cm³/mol. The highest BCUT2D eigenvalue weighted by Crippen LogP contribution is 2.24. The molecule has 0 aromatic carbocycles. The van der Waals surface area contributed by atoms with Crippen LogP contribution >= 0.6 is 0 Å². The molecule has 2 fully saturated rings. The third kappa shape index (κ3) is 2.69. The maximum Gasteiger partial charge on any atom is 0.241 e. The Labute approximate surface area is 111 Å². The van der Waals surface area contributed by atoms with Crippen molar-refractivity contribution in [1.82, 2.24) is 15.1 Å². The Morgan fingerprint density at radius 3 is 2.83 bits per heavy atom. The number of rotatable bonds is 4. The minimum Gasteiger partial charge on any atom is -0.322 e. The number of piperidine rings is 1. The van der Waals surface area contributed by atoms with Crippen LogP contribution in [0.25, 0.3) is 0 Å². The van der Waals surface area contributed by atoms with Crippen molar-refractivity contribution in [3.05, 3.63) is 0 Å². The van der Waals surface area contributed by atoms with Crippen molar-refractivity contribution < 1.29 is 4.79 Å². The number of hydrogen-bond donors (Lipinski definition) is 1. The normalized spacial score (nSPS) is 34.3. The Kier molecular flexibility index (Phi) is 4.62. The fraction of sp³-hybridized carbons (Fsp3) is 0.929. The van der Waals surface area contributed by atoms with Crippen LogP contribution in [0.2, 0.25) is 0 Å². The predicted octanol–water partition coefficient (Wildman–Crippen LogP) is 1.42. The summed E-state index contributed by atoms with van der Waals surface area (Å²) in [5, 5.41) is 3.44. The summed E-state index contributed by atoms with van der Waals surface area (Å²) < 4.78 is 0. The molecule has 1 amide bonds. The van der Waals surface area contributed by atoms with Crippen molar-refractivity contribution in [2.75, 3.05) is 19.6 Å². The molecule has 104 valence electrons. The minimum absolute atomic E-state index is 0.00134. The van der Waals surface area contributed by atoms with Gasteiger partial charge in [-0.25, -0.2) is 0 Å². The lowest BCUT2D eigenvalue weighted by molar-refractivity contribution is -0.133. The summed E-state index contributed by atoms with van der Waals surface area (Å²) in [7, 11) is 0. The highest BCUT2D eigenvalue weighted by molar-refractivity contribution is 5.84. The number of nitrogens with zero attached hydrogens (tertiary/aromatic N) is 2. The van der Waals surface area contributed by atoms with Gasteiger partial charge in [0.25, 0.3) is 0 Å². The van der Waals surface area contributed by atoms with Gasteiger partial charge in [0.05, 0.1) is 12.2 Å². The van der Waals surface area contributed by atoms with Gasteiger partial charge in [0.1, 0.15) is 0 Å². The van der Waals surface area contributed by atoms with E-state index in [1.807, 2.05) is 6.92 Å². The van der Waals surface area contributed by atoms with Gasteiger partial charge >= 0.3 is 0 Å². The summed E-state index contributed by atoms with van der Waals surface area (Å²) >= 11 is 0. The molecule has 0 aromatic heterocycles. The highest BCUT2D eigenvalue weighted by atomic mass is 16.2. The summed E-state index contributed by atoms with van der Waals surface area (Å²) in [6, 6.07) is 0.416. The van der Waals surface area contributed by atoms with Crippen LogP contribution in [-0.2, 0) is 4.79 Å². The van der Waals surface area contributed by atoms with Crippen LogP contribution in [0.1, 0.15) is 46.5 Å². The number of amides is 1. The second kappa shape index (κ2) is 6.02. The fourth-order valence-electron chi connectivity index (χ4n) is 3.29. The summed E-state index contributed by atoms with van der Waals surface area (Å²) in [6.45, 7) is 9.73. The quantitative estimate of drug-likeness (QED) is 0.823. The van der Waals surface area contributed by atoms with Gasteiger partial charge in [-0.2, -0.15) is 0 Å². The second-order valence-electron chi connectivity index (χ2n) is 5.63. The van der Waals surface area contributed by atoms with Crippen molar-refractivity contribution in [1.29, 1.82) is 0 Å². The van der Waals surface area contributed by atoms with E-state index >= 15 is 0 Å². The molecular weight excluding hydrogens is 226 g/mol. The van der Waals surface area contributed by atoms with Gasteiger partial charge in [0.15, 0.2) is 0 Å². The van der Waals surface area contributed by atoms with Crippen molar-refractivity contribution in [3.63, 3.8) is 0 Å². The SMILES string of the molecule is CCCC1NC(C)C(=O)N1C1CCCN(CC)C1. The van der Waals surface area contributed by atoms with Crippen LogP contribution in [0.5, 0.6) is 0 Å². The molecule has 3 atom stereocenters. The number of likely N-dealkylation sites (N-methyl/N-ethyl adjacent to an activating group) is 1. The molecule has 4 nitrogen and oxygen atoms in total. The first kappa shape index (κ1) is 13.8. The molecule has 0 aromatic rings. The lowest BCUT2D eigenvalue weighted by Crippen LogP contribution is -2.52. The molecule has 0 saturated carbocycles.